The monoisotopic (exact) mass is 426 g/mol. The molecular formula is C20H26N8O3. The summed E-state index contributed by atoms with van der Waals surface area (Å²) >= 11 is 0. The highest BCUT2D eigenvalue weighted by Crippen LogP contribution is 2.38. The second-order valence-corrected chi connectivity index (χ2v) is 8.52. The van der Waals surface area contributed by atoms with Gasteiger partial charge in [-0.3, -0.25) is 4.98 Å². The lowest BCUT2D eigenvalue weighted by Crippen LogP contribution is -2.33. The molecule has 0 atom stereocenters. The van der Waals surface area contributed by atoms with Crippen LogP contribution in [0.15, 0.2) is 16.0 Å². The van der Waals surface area contributed by atoms with Gasteiger partial charge in [-0.25, -0.2) is 9.79 Å². The van der Waals surface area contributed by atoms with Crippen LogP contribution in [0.2, 0.25) is 0 Å². The van der Waals surface area contributed by atoms with Crippen LogP contribution in [0.25, 0.3) is 11.7 Å². The summed E-state index contributed by atoms with van der Waals surface area (Å²) in [4.78, 5) is 30.3. The van der Waals surface area contributed by atoms with Crippen LogP contribution in [0.1, 0.15) is 44.2 Å². The highest BCUT2D eigenvalue weighted by atomic mass is 16.5. The highest BCUT2D eigenvalue weighted by Gasteiger charge is 2.34. The van der Waals surface area contributed by atoms with Crippen LogP contribution in [0.3, 0.4) is 0 Å². The van der Waals surface area contributed by atoms with Crippen molar-refractivity contribution in [2.45, 2.75) is 44.6 Å². The molecule has 3 heterocycles. The van der Waals surface area contributed by atoms with Crippen LogP contribution in [0, 0.1) is 5.41 Å². The molecule has 4 N–H and O–H groups in total. The Morgan fingerprint density at radius 2 is 2.16 bits per heavy atom. The van der Waals surface area contributed by atoms with Crippen molar-refractivity contribution in [1.29, 1.82) is 0 Å². The van der Waals surface area contributed by atoms with E-state index in [9.17, 15) is 9.90 Å². The number of anilines is 1. The molecule has 11 nitrogen and oxygen atoms in total. The van der Waals surface area contributed by atoms with Crippen molar-refractivity contribution in [3.05, 3.63) is 33.2 Å². The minimum atomic E-state index is -0.485. The Labute approximate surface area is 177 Å². The maximum atomic E-state index is 11.5. The van der Waals surface area contributed by atoms with E-state index in [0.717, 1.165) is 32.2 Å². The highest BCUT2D eigenvalue weighted by molar-refractivity contribution is 5.57. The molecule has 11 heteroatoms. The fraction of sp³-hybridized carbons (Fsp3) is 0.550. The predicted octanol–water partition coefficient (Wildman–Crippen LogP) is 0.0758. The standard InChI is InChI=1S/C20H26N8O3/c1-31-11-20(6-2-3-7-20)10-21-17-25-15-12(8-14-16(29)26-19(30)24-14)9-22-28(15)18(27-17)23-13-4-5-13/h8-9,13,29H,2-7,10-11H2,1H3,(H,21,23,27)(H2,24,26,30). The molecule has 31 heavy (non-hydrogen) atoms. The van der Waals surface area contributed by atoms with Gasteiger partial charge in [-0.15, -0.1) is 0 Å². The number of hydrogen-bond acceptors (Lipinski definition) is 8. The van der Waals surface area contributed by atoms with Crippen LogP contribution in [0.5, 0.6) is 5.88 Å². The molecule has 0 spiro atoms. The van der Waals surface area contributed by atoms with Gasteiger partial charge in [-0.05, 0) is 31.8 Å². The molecule has 2 aliphatic rings. The second kappa shape index (κ2) is 7.80. The normalized spacial score (nSPS) is 19.5. The van der Waals surface area contributed by atoms with Crippen molar-refractivity contribution in [3.8, 4) is 5.88 Å². The summed E-state index contributed by atoms with van der Waals surface area (Å²) < 4.78 is 7.08. The number of methoxy groups -OCH3 is 1. The summed E-state index contributed by atoms with van der Waals surface area (Å²) in [5.41, 5.74) is 0.906. The van der Waals surface area contributed by atoms with Gasteiger partial charge in [0.25, 0.3) is 5.62 Å². The summed E-state index contributed by atoms with van der Waals surface area (Å²) in [7, 11) is 1.74. The summed E-state index contributed by atoms with van der Waals surface area (Å²) in [6, 6.07) is 0.266. The first-order chi connectivity index (χ1) is 15.0. The van der Waals surface area contributed by atoms with E-state index in [-0.39, 0.29) is 23.0 Å². The third kappa shape index (κ3) is 4.05. The molecule has 3 aromatic heterocycles. The molecule has 2 saturated carbocycles. The van der Waals surface area contributed by atoms with Crippen LogP contribution in [-0.4, -0.2) is 61.0 Å². The molecule has 0 bridgehead atoms. The van der Waals surface area contributed by atoms with Crippen LogP contribution in [0.4, 0.5) is 5.95 Å². The Morgan fingerprint density at radius 3 is 2.84 bits per heavy atom. The third-order valence-electron chi connectivity index (χ3n) is 5.99. The molecule has 0 aromatic carbocycles. The van der Waals surface area contributed by atoms with Crippen molar-refractivity contribution in [1.82, 2.24) is 29.5 Å². The Morgan fingerprint density at radius 1 is 1.35 bits per heavy atom. The van der Waals surface area contributed by atoms with E-state index in [4.69, 9.17) is 9.73 Å². The topological polar surface area (TPSA) is 146 Å². The van der Waals surface area contributed by atoms with Crippen LogP contribution >= 0.6 is 0 Å². The molecule has 0 aliphatic heterocycles. The van der Waals surface area contributed by atoms with Gasteiger partial charge >= 0.3 is 5.69 Å². The number of nitrogens with one attached hydrogen (secondary N) is 3. The van der Waals surface area contributed by atoms with Crippen molar-refractivity contribution in [2.24, 2.45) is 10.4 Å². The lowest BCUT2D eigenvalue weighted by atomic mass is 9.87. The number of nitrogens with zero attached hydrogens (tertiary/aromatic N) is 5. The van der Waals surface area contributed by atoms with Gasteiger partial charge in [0.2, 0.25) is 11.8 Å². The first-order valence-corrected chi connectivity index (χ1v) is 10.6. The van der Waals surface area contributed by atoms with E-state index >= 15 is 0 Å². The molecular weight excluding hydrogens is 400 g/mol. The number of fused-ring (bicyclic) bond motifs is 1. The lowest BCUT2D eigenvalue weighted by Gasteiger charge is -2.28. The summed E-state index contributed by atoms with van der Waals surface area (Å²) in [6.45, 7) is 1.42. The zero-order chi connectivity index (χ0) is 21.4. The predicted molar refractivity (Wildman–Crippen MR) is 112 cm³/mol. The van der Waals surface area contributed by atoms with Crippen molar-refractivity contribution in [2.75, 3.05) is 25.6 Å². The van der Waals surface area contributed by atoms with E-state index < -0.39 is 5.69 Å². The van der Waals surface area contributed by atoms with E-state index in [1.54, 1.807) is 23.9 Å². The Hall–Kier alpha value is -3.21. The first kappa shape index (κ1) is 19.7. The van der Waals surface area contributed by atoms with Gasteiger partial charge in [0, 0.05) is 24.3 Å². The van der Waals surface area contributed by atoms with Gasteiger partial charge in [-0.1, -0.05) is 12.8 Å². The molecule has 0 saturated heterocycles. The maximum absolute atomic E-state index is 11.5. The summed E-state index contributed by atoms with van der Waals surface area (Å²) in [5.74, 6) is 0.249. The van der Waals surface area contributed by atoms with E-state index in [1.165, 1.54) is 12.8 Å². The van der Waals surface area contributed by atoms with Gasteiger partial charge in [0.15, 0.2) is 5.65 Å². The fourth-order valence-corrected chi connectivity index (χ4v) is 4.23. The first-order valence-electron chi connectivity index (χ1n) is 10.6. The van der Waals surface area contributed by atoms with Crippen LogP contribution < -0.4 is 21.8 Å². The largest absolute Gasteiger partial charge is 0.493 e. The zero-order valence-corrected chi connectivity index (χ0v) is 17.4. The lowest BCUT2D eigenvalue weighted by molar-refractivity contribution is 0.0922. The maximum Gasteiger partial charge on any atom is 0.326 e. The molecule has 3 aromatic rings. The Kier molecular flexibility index (Phi) is 4.97. The zero-order valence-electron chi connectivity index (χ0n) is 17.4. The summed E-state index contributed by atoms with van der Waals surface area (Å²) in [5, 5.41) is 18.3. The fourth-order valence-electron chi connectivity index (χ4n) is 4.23. The number of rotatable bonds is 7. The van der Waals surface area contributed by atoms with Gasteiger partial charge < -0.3 is 20.1 Å². The Balaban J connectivity index is 1.56. The number of H-pyrrole nitrogens is 2. The molecule has 0 amide bonds. The number of aromatic hydroxyl groups is 1. The molecule has 2 fully saturated rings. The minimum Gasteiger partial charge on any atom is -0.493 e. The number of aromatic amines is 2. The SMILES string of the molecule is COCC1(CNc2nc(=NC3CC3)n3ncc(=Cc4[nH]c(=O)[nH]c4O)c3n2)CCCC1. The smallest absolute Gasteiger partial charge is 0.326 e. The number of aromatic nitrogens is 6. The van der Waals surface area contributed by atoms with Crippen molar-refractivity contribution in [3.63, 3.8) is 0 Å². The van der Waals surface area contributed by atoms with Gasteiger partial charge in [-0.2, -0.15) is 19.6 Å². The molecule has 0 radical (unpaired) electrons. The molecule has 164 valence electrons. The second-order valence-electron chi connectivity index (χ2n) is 8.52. The number of ether oxygens (including phenoxy) is 1. The van der Waals surface area contributed by atoms with E-state index in [2.05, 4.69) is 30.4 Å². The molecule has 0 unspecified atom stereocenters. The van der Waals surface area contributed by atoms with Crippen molar-refractivity contribution >= 4 is 17.7 Å². The molecule has 5 rings (SSSR count). The van der Waals surface area contributed by atoms with Crippen molar-refractivity contribution < 1.29 is 9.84 Å². The quantitative estimate of drug-likeness (QED) is 0.418. The van der Waals surface area contributed by atoms with Gasteiger partial charge in [0.1, 0.15) is 5.69 Å². The minimum absolute atomic E-state index is 0.0869. The number of hydrogen-bond donors (Lipinski definition) is 4. The summed E-state index contributed by atoms with van der Waals surface area (Å²) in [6.07, 6.45) is 9.96. The van der Waals surface area contributed by atoms with Gasteiger partial charge in [0.05, 0.1) is 18.8 Å². The van der Waals surface area contributed by atoms with E-state index in [1.807, 2.05) is 0 Å². The molecule has 2 aliphatic carbocycles. The van der Waals surface area contributed by atoms with E-state index in [0.29, 0.717) is 29.0 Å². The van der Waals surface area contributed by atoms with Crippen LogP contribution in [-0.2, 0) is 4.74 Å². The average molecular weight is 426 g/mol. The number of imidazole rings is 1. The average Bonchev–Trinajstić information content (AvgIpc) is 3.14. The Bertz CT molecular complexity index is 1260. The third-order valence-corrected chi connectivity index (χ3v) is 5.99.